The summed E-state index contributed by atoms with van der Waals surface area (Å²) in [7, 11) is 0. The largest absolute Gasteiger partial charge is 0.508 e. The van der Waals surface area contributed by atoms with Crippen LogP contribution in [-0.4, -0.2) is 71.3 Å². The molecule has 5 amide bonds. The van der Waals surface area contributed by atoms with Crippen molar-refractivity contribution in [3.8, 4) is 5.75 Å². The van der Waals surface area contributed by atoms with E-state index in [1.807, 2.05) is 6.26 Å². The van der Waals surface area contributed by atoms with Crippen LogP contribution in [0.15, 0.2) is 60.3 Å². The third kappa shape index (κ3) is 11.7. The predicted octanol–water partition coefficient (Wildman–Crippen LogP) is -0.237. The zero-order valence-corrected chi connectivity index (χ0v) is 23.7. The highest BCUT2D eigenvalue weighted by atomic mass is 32.2. The molecule has 0 spiro atoms. The van der Waals surface area contributed by atoms with Gasteiger partial charge in [-0.3, -0.25) is 24.0 Å². The molecule has 0 saturated carbocycles. The average molecular weight is 585 g/mol. The van der Waals surface area contributed by atoms with E-state index in [0.29, 0.717) is 17.7 Å². The lowest BCUT2D eigenvalue weighted by Crippen LogP contribution is -2.52. The summed E-state index contributed by atoms with van der Waals surface area (Å²) in [6.45, 7) is 0.939. The van der Waals surface area contributed by atoms with Crippen molar-refractivity contribution in [3.63, 3.8) is 0 Å². The molecular weight excluding hydrogens is 548 g/mol. The number of primary amides is 1. The van der Waals surface area contributed by atoms with Crippen molar-refractivity contribution in [3.05, 3.63) is 71.4 Å². The van der Waals surface area contributed by atoms with Gasteiger partial charge >= 0.3 is 0 Å². The number of thioether (sulfide) groups is 1. The van der Waals surface area contributed by atoms with E-state index >= 15 is 0 Å². The van der Waals surface area contributed by atoms with Crippen LogP contribution in [0, 0.1) is 0 Å². The van der Waals surface area contributed by atoms with E-state index in [4.69, 9.17) is 11.5 Å². The van der Waals surface area contributed by atoms with Crippen LogP contribution >= 0.6 is 11.8 Å². The normalized spacial score (nSPS) is 13.3. The molecule has 220 valence electrons. The summed E-state index contributed by atoms with van der Waals surface area (Å²) in [6, 6.07) is 12.1. The molecule has 9 N–H and O–H groups in total. The number of carbonyl (C=O) groups is 5. The molecule has 0 saturated heterocycles. The van der Waals surface area contributed by atoms with Gasteiger partial charge in [-0.1, -0.05) is 42.5 Å². The Morgan fingerprint density at radius 3 is 2.24 bits per heavy atom. The number of hydrogen-bond donors (Lipinski definition) is 7. The van der Waals surface area contributed by atoms with E-state index in [9.17, 15) is 29.1 Å². The van der Waals surface area contributed by atoms with Crippen LogP contribution in [0.4, 0.5) is 0 Å². The molecule has 2 aromatic carbocycles. The number of rotatable bonds is 15. The van der Waals surface area contributed by atoms with Gasteiger partial charge in [-0.25, -0.2) is 0 Å². The molecule has 13 heteroatoms. The molecule has 0 radical (unpaired) electrons. The van der Waals surface area contributed by atoms with E-state index in [0.717, 1.165) is 5.56 Å². The molecule has 12 nitrogen and oxygen atoms in total. The second-order valence-corrected chi connectivity index (χ2v) is 10.1. The van der Waals surface area contributed by atoms with Crippen molar-refractivity contribution in [2.75, 3.05) is 18.6 Å². The minimum atomic E-state index is -1.00. The number of carbonyl (C=O) groups excluding carboxylic acids is 5. The minimum Gasteiger partial charge on any atom is -0.508 e. The van der Waals surface area contributed by atoms with Gasteiger partial charge in [0.15, 0.2) is 0 Å². The zero-order chi connectivity index (χ0) is 30.4. The Morgan fingerprint density at radius 2 is 1.63 bits per heavy atom. The van der Waals surface area contributed by atoms with E-state index in [1.165, 1.54) is 36.9 Å². The molecule has 0 aromatic heterocycles. The molecular formula is C28H36N6O6S. The summed E-state index contributed by atoms with van der Waals surface area (Å²) < 4.78 is 0. The third-order valence-electron chi connectivity index (χ3n) is 5.79. The van der Waals surface area contributed by atoms with Gasteiger partial charge in [0, 0.05) is 0 Å². The lowest BCUT2D eigenvalue weighted by Gasteiger charge is -2.18. The van der Waals surface area contributed by atoms with Gasteiger partial charge in [0.25, 0.3) is 5.91 Å². The summed E-state index contributed by atoms with van der Waals surface area (Å²) in [5, 5.41) is 19.3. The van der Waals surface area contributed by atoms with Gasteiger partial charge in [0.05, 0.1) is 12.6 Å². The fourth-order valence-electron chi connectivity index (χ4n) is 3.51. The molecule has 0 aliphatic carbocycles. The monoisotopic (exact) mass is 584 g/mol. The SMILES string of the molecule is CSCCC(NC(=O)/C(=C\c1ccccc1)NC(=O)CNC(=O)C(C)NC(=O)C(N)Cc1ccc(O)cc1)C(N)=O. The summed E-state index contributed by atoms with van der Waals surface area (Å²) in [5.74, 6) is -2.68. The molecule has 2 aromatic rings. The molecule has 0 bridgehead atoms. The second kappa shape index (κ2) is 16.7. The Morgan fingerprint density at radius 1 is 0.976 bits per heavy atom. The molecule has 0 aliphatic heterocycles. The van der Waals surface area contributed by atoms with Crippen LogP contribution < -0.4 is 32.7 Å². The number of benzene rings is 2. The van der Waals surface area contributed by atoms with Crippen molar-refractivity contribution in [2.45, 2.75) is 37.9 Å². The van der Waals surface area contributed by atoms with Gasteiger partial charge in [-0.05, 0) is 61.1 Å². The molecule has 3 atom stereocenters. The van der Waals surface area contributed by atoms with Crippen molar-refractivity contribution < 1.29 is 29.1 Å². The van der Waals surface area contributed by atoms with E-state index in [-0.39, 0.29) is 17.9 Å². The number of amides is 5. The summed E-state index contributed by atoms with van der Waals surface area (Å²) >= 11 is 1.49. The van der Waals surface area contributed by atoms with Crippen molar-refractivity contribution in [1.29, 1.82) is 0 Å². The summed E-state index contributed by atoms with van der Waals surface area (Å²) in [4.78, 5) is 62.4. The molecule has 0 fully saturated rings. The average Bonchev–Trinajstić information content (AvgIpc) is 2.94. The van der Waals surface area contributed by atoms with E-state index in [1.54, 1.807) is 42.5 Å². The Balaban J connectivity index is 1.97. The molecule has 2 rings (SSSR count). The van der Waals surface area contributed by atoms with Gasteiger partial charge in [0.2, 0.25) is 23.6 Å². The lowest BCUT2D eigenvalue weighted by atomic mass is 10.1. The second-order valence-electron chi connectivity index (χ2n) is 9.15. The van der Waals surface area contributed by atoms with Gasteiger partial charge in [-0.2, -0.15) is 11.8 Å². The summed E-state index contributed by atoms with van der Waals surface area (Å²) in [6.07, 6.45) is 3.79. The Bertz CT molecular complexity index is 1240. The maximum Gasteiger partial charge on any atom is 0.268 e. The standard InChI is InChI=1S/C28H36N6O6S/c1-17(32-27(39)21(29)14-19-8-10-20(35)11-9-19)26(38)31-16-24(36)33-23(15-18-6-4-3-5-7-18)28(40)34-22(25(30)37)12-13-41-2/h3-11,15,17,21-22,35H,12-14,16,29H2,1-2H3,(H2,30,37)(H,31,38)(H,32,39)(H,33,36)(H,34,40)/b23-15+. The fourth-order valence-corrected chi connectivity index (χ4v) is 3.98. The van der Waals surface area contributed by atoms with Gasteiger partial charge < -0.3 is 37.8 Å². The molecule has 0 heterocycles. The van der Waals surface area contributed by atoms with Crippen molar-refractivity contribution in [1.82, 2.24) is 21.3 Å². The van der Waals surface area contributed by atoms with Crippen molar-refractivity contribution in [2.24, 2.45) is 11.5 Å². The molecule has 3 unspecified atom stereocenters. The third-order valence-corrected chi connectivity index (χ3v) is 6.44. The predicted molar refractivity (Wildman–Crippen MR) is 157 cm³/mol. The quantitative estimate of drug-likeness (QED) is 0.139. The van der Waals surface area contributed by atoms with Crippen LogP contribution in [0.25, 0.3) is 6.08 Å². The van der Waals surface area contributed by atoms with Crippen molar-refractivity contribution >= 4 is 47.4 Å². The van der Waals surface area contributed by atoms with Crippen LogP contribution in [-0.2, 0) is 30.4 Å². The highest BCUT2D eigenvalue weighted by Crippen LogP contribution is 2.11. The maximum absolute atomic E-state index is 13.0. The maximum atomic E-state index is 13.0. The molecule has 41 heavy (non-hydrogen) atoms. The van der Waals surface area contributed by atoms with Crippen LogP contribution in [0.5, 0.6) is 5.75 Å². The Hall–Kier alpha value is -4.36. The first-order valence-corrected chi connectivity index (χ1v) is 14.2. The number of hydrogen-bond acceptors (Lipinski definition) is 8. The fraction of sp³-hybridized carbons (Fsp3) is 0.321. The Kier molecular flexibility index (Phi) is 13.4. The van der Waals surface area contributed by atoms with Crippen LogP contribution in [0.2, 0.25) is 0 Å². The first kappa shape index (κ1) is 32.8. The van der Waals surface area contributed by atoms with E-state index < -0.39 is 54.2 Å². The number of phenolic OH excluding ortho intramolecular Hbond substituents is 1. The highest BCUT2D eigenvalue weighted by molar-refractivity contribution is 7.98. The van der Waals surface area contributed by atoms with Gasteiger partial charge in [0.1, 0.15) is 23.5 Å². The summed E-state index contributed by atoms with van der Waals surface area (Å²) in [5.41, 5.74) is 12.6. The number of aromatic hydroxyl groups is 1. The first-order chi connectivity index (χ1) is 19.5. The lowest BCUT2D eigenvalue weighted by molar-refractivity contribution is -0.130. The number of phenols is 1. The molecule has 0 aliphatic rings. The zero-order valence-electron chi connectivity index (χ0n) is 22.9. The van der Waals surface area contributed by atoms with Crippen LogP contribution in [0.1, 0.15) is 24.5 Å². The van der Waals surface area contributed by atoms with E-state index in [2.05, 4.69) is 21.3 Å². The number of nitrogens with two attached hydrogens (primary N) is 2. The topological polar surface area (TPSA) is 206 Å². The Labute approximate surface area is 242 Å². The van der Waals surface area contributed by atoms with Crippen LogP contribution in [0.3, 0.4) is 0 Å². The van der Waals surface area contributed by atoms with Gasteiger partial charge in [-0.15, -0.1) is 0 Å². The smallest absolute Gasteiger partial charge is 0.268 e. The number of nitrogens with one attached hydrogen (secondary N) is 4. The minimum absolute atomic E-state index is 0.0884. The first-order valence-electron chi connectivity index (χ1n) is 12.8. The highest BCUT2D eigenvalue weighted by Gasteiger charge is 2.23.